The number of ether oxygens (including phenoxy) is 3. The molecule has 1 aromatic carbocycles. The van der Waals surface area contributed by atoms with Crippen molar-refractivity contribution in [3.05, 3.63) is 48.6 Å². The van der Waals surface area contributed by atoms with Crippen molar-refractivity contribution in [2.75, 3.05) is 20.9 Å². The molecule has 1 rings (SSSR count). The topological polar surface area (TPSA) is 44.8 Å². The minimum Gasteiger partial charge on any atom is -0.497 e. The molecule has 1 atom stereocenters. The monoisotopic (exact) mass is 350 g/mol. The third kappa shape index (κ3) is 6.25. The van der Waals surface area contributed by atoms with Crippen LogP contribution in [0.25, 0.3) is 0 Å². The van der Waals surface area contributed by atoms with E-state index in [0.717, 1.165) is 19.3 Å². The fourth-order valence-electron chi connectivity index (χ4n) is 2.51. The van der Waals surface area contributed by atoms with Crippen molar-refractivity contribution in [1.82, 2.24) is 0 Å². The molecule has 0 saturated heterocycles. The summed E-state index contributed by atoms with van der Waals surface area (Å²) in [6, 6.07) is 3.34. The van der Waals surface area contributed by atoms with E-state index in [1.807, 2.05) is 6.08 Å². The van der Waals surface area contributed by atoms with Crippen molar-refractivity contribution < 1.29 is 23.4 Å². The summed E-state index contributed by atoms with van der Waals surface area (Å²) in [5, 5.41) is 0. The number of rotatable bonds is 12. The van der Waals surface area contributed by atoms with Crippen LogP contribution in [0.3, 0.4) is 0 Å². The van der Waals surface area contributed by atoms with Gasteiger partial charge in [0.1, 0.15) is 29.8 Å². The Bertz CT molecular complexity index is 583. The lowest BCUT2D eigenvalue weighted by molar-refractivity contribution is 0.0208. The van der Waals surface area contributed by atoms with Crippen LogP contribution in [-0.4, -0.2) is 33.0 Å². The average molecular weight is 350 g/mol. The number of benzene rings is 1. The molecule has 4 nitrogen and oxygen atoms in total. The summed E-state index contributed by atoms with van der Waals surface area (Å²) in [6.45, 7) is 6.64. The van der Waals surface area contributed by atoms with Gasteiger partial charge in [-0.05, 0) is 43.7 Å². The molecule has 0 aliphatic carbocycles. The van der Waals surface area contributed by atoms with Crippen LogP contribution in [-0.2, 0) is 11.2 Å². The Labute approximate surface area is 149 Å². The second-order valence-electron chi connectivity index (χ2n) is 5.61. The predicted molar refractivity (Wildman–Crippen MR) is 97.3 cm³/mol. The molecule has 0 aliphatic heterocycles. The van der Waals surface area contributed by atoms with Crippen LogP contribution < -0.4 is 9.47 Å². The Hall–Kier alpha value is -2.30. The van der Waals surface area contributed by atoms with Gasteiger partial charge in [0.15, 0.2) is 0 Å². The van der Waals surface area contributed by atoms with Gasteiger partial charge >= 0.3 is 5.97 Å². The predicted octanol–water partition coefficient (Wildman–Crippen LogP) is 4.67. The van der Waals surface area contributed by atoms with E-state index in [4.69, 9.17) is 14.2 Å². The second-order valence-corrected chi connectivity index (χ2v) is 5.61. The Morgan fingerprint density at radius 1 is 1.20 bits per heavy atom. The molecule has 0 heterocycles. The number of unbranched alkanes of at least 4 members (excludes halogenated alkanes) is 2. The number of carbonyl (C=O) groups excluding carboxylic acids is 1. The average Bonchev–Trinajstić information content (AvgIpc) is 2.63. The van der Waals surface area contributed by atoms with Gasteiger partial charge in [-0.3, -0.25) is 0 Å². The lowest BCUT2D eigenvalue weighted by Gasteiger charge is -2.18. The highest BCUT2D eigenvalue weighted by molar-refractivity contribution is 5.94. The van der Waals surface area contributed by atoms with Crippen LogP contribution in [0, 0.1) is 0 Å². The van der Waals surface area contributed by atoms with Crippen LogP contribution in [0.1, 0.15) is 41.6 Å². The van der Waals surface area contributed by atoms with Crippen LogP contribution in [0.2, 0.25) is 0 Å². The third-order valence-electron chi connectivity index (χ3n) is 3.81. The highest BCUT2D eigenvalue weighted by Gasteiger charge is 2.23. The standard InChI is InChI=1S/C20H27FO4/c1-5-7-8-9-11-16(14-21)25-20(22)19-15(10-6-2)12-17(23-3)13-18(19)24-4/h5-6,12-13,16H,1-2,7-11,14H2,3-4H3. The van der Waals surface area contributed by atoms with Gasteiger partial charge in [-0.15, -0.1) is 13.2 Å². The highest BCUT2D eigenvalue weighted by Crippen LogP contribution is 2.30. The van der Waals surface area contributed by atoms with E-state index < -0.39 is 18.7 Å². The number of alkyl halides is 1. The number of hydrogen-bond donors (Lipinski definition) is 0. The molecule has 0 bridgehead atoms. The highest BCUT2D eigenvalue weighted by atomic mass is 19.1. The summed E-state index contributed by atoms with van der Waals surface area (Å²) in [5.74, 6) is 0.310. The molecule has 5 heteroatoms. The van der Waals surface area contributed by atoms with E-state index in [2.05, 4.69) is 13.2 Å². The quantitative estimate of drug-likeness (QED) is 0.312. The van der Waals surface area contributed by atoms with E-state index in [-0.39, 0.29) is 5.56 Å². The largest absolute Gasteiger partial charge is 0.497 e. The van der Waals surface area contributed by atoms with Gasteiger partial charge in [-0.2, -0.15) is 0 Å². The molecule has 0 N–H and O–H groups in total. The molecule has 0 amide bonds. The second kappa shape index (κ2) is 11.3. The molecule has 0 radical (unpaired) electrons. The normalized spacial score (nSPS) is 11.5. The zero-order valence-corrected chi connectivity index (χ0v) is 15.1. The molecule has 0 fully saturated rings. The molecule has 0 spiro atoms. The molecule has 25 heavy (non-hydrogen) atoms. The molecule has 138 valence electrons. The van der Waals surface area contributed by atoms with Crippen molar-refractivity contribution in [2.45, 2.75) is 38.2 Å². The molecular weight excluding hydrogens is 323 g/mol. The van der Waals surface area contributed by atoms with Gasteiger partial charge in [0, 0.05) is 6.07 Å². The maximum absolute atomic E-state index is 13.2. The van der Waals surface area contributed by atoms with Crippen molar-refractivity contribution in [1.29, 1.82) is 0 Å². The summed E-state index contributed by atoms with van der Waals surface area (Å²) < 4.78 is 29.1. The Kier molecular flexibility index (Phi) is 9.37. The lowest BCUT2D eigenvalue weighted by Crippen LogP contribution is -2.22. The van der Waals surface area contributed by atoms with E-state index in [9.17, 15) is 9.18 Å². The first-order valence-electron chi connectivity index (χ1n) is 8.34. The smallest absolute Gasteiger partial charge is 0.342 e. The fourth-order valence-corrected chi connectivity index (χ4v) is 2.51. The van der Waals surface area contributed by atoms with Crippen molar-refractivity contribution in [2.24, 2.45) is 0 Å². The number of hydrogen-bond acceptors (Lipinski definition) is 4. The van der Waals surface area contributed by atoms with Crippen molar-refractivity contribution in [3.63, 3.8) is 0 Å². The summed E-state index contributed by atoms with van der Waals surface area (Å²) in [7, 11) is 3.00. The zero-order chi connectivity index (χ0) is 18.7. The first kappa shape index (κ1) is 20.7. The van der Waals surface area contributed by atoms with E-state index >= 15 is 0 Å². The lowest BCUT2D eigenvalue weighted by atomic mass is 10.0. The number of carbonyl (C=O) groups is 1. The van der Waals surface area contributed by atoms with E-state index in [1.165, 1.54) is 14.2 Å². The fraction of sp³-hybridized carbons (Fsp3) is 0.450. The summed E-state index contributed by atoms with van der Waals surface area (Å²) in [5.41, 5.74) is 0.952. The minimum absolute atomic E-state index is 0.285. The van der Waals surface area contributed by atoms with E-state index in [0.29, 0.717) is 29.9 Å². The minimum atomic E-state index is -0.763. The van der Waals surface area contributed by atoms with Crippen LogP contribution in [0.4, 0.5) is 4.39 Å². The summed E-state index contributed by atoms with van der Waals surface area (Å²) in [6.07, 6.45) is 6.18. The molecule has 0 aliphatic rings. The molecule has 0 aromatic heterocycles. The van der Waals surface area contributed by atoms with Crippen LogP contribution in [0.5, 0.6) is 11.5 Å². The Balaban J connectivity index is 2.97. The number of methoxy groups -OCH3 is 2. The maximum Gasteiger partial charge on any atom is 0.342 e. The first-order valence-corrected chi connectivity index (χ1v) is 8.34. The van der Waals surface area contributed by atoms with Crippen molar-refractivity contribution >= 4 is 5.97 Å². The van der Waals surface area contributed by atoms with Gasteiger partial charge < -0.3 is 14.2 Å². The van der Waals surface area contributed by atoms with Gasteiger partial charge in [-0.25, -0.2) is 9.18 Å². The first-order chi connectivity index (χ1) is 12.1. The van der Waals surface area contributed by atoms with Crippen LogP contribution >= 0.6 is 0 Å². The molecule has 1 aromatic rings. The number of halogens is 1. The zero-order valence-electron chi connectivity index (χ0n) is 15.1. The van der Waals surface area contributed by atoms with Gasteiger partial charge in [-0.1, -0.05) is 12.2 Å². The van der Waals surface area contributed by atoms with Gasteiger partial charge in [0.2, 0.25) is 0 Å². The molecule has 1 unspecified atom stereocenters. The van der Waals surface area contributed by atoms with Crippen LogP contribution in [0.15, 0.2) is 37.4 Å². The summed E-state index contributed by atoms with van der Waals surface area (Å²) in [4.78, 5) is 12.6. The summed E-state index contributed by atoms with van der Waals surface area (Å²) >= 11 is 0. The van der Waals surface area contributed by atoms with Gasteiger partial charge in [0.25, 0.3) is 0 Å². The molecule has 0 saturated carbocycles. The molecular formula is C20H27FO4. The third-order valence-corrected chi connectivity index (χ3v) is 3.81. The number of esters is 1. The SMILES string of the molecule is C=CCCCCC(CF)OC(=O)c1c(CC=C)cc(OC)cc1OC. The Morgan fingerprint density at radius 2 is 1.96 bits per heavy atom. The number of allylic oxidation sites excluding steroid dienone is 2. The maximum atomic E-state index is 13.2. The van der Waals surface area contributed by atoms with Gasteiger partial charge in [0.05, 0.1) is 14.2 Å². The van der Waals surface area contributed by atoms with Crippen molar-refractivity contribution in [3.8, 4) is 11.5 Å². The Morgan fingerprint density at radius 3 is 2.52 bits per heavy atom. The van der Waals surface area contributed by atoms with E-state index in [1.54, 1.807) is 18.2 Å².